The SMILES string of the molecule is CNC1(C(N)=O)CCCN(C)CC1. The number of amides is 1. The normalized spacial score (nSPS) is 31.2. The van der Waals surface area contributed by atoms with Gasteiger partial charge in [-0.05, 0) is 39.9 Å². The average Bonchev–Trinajstić information content (AvgIpc) is 2.28. The molecule has 1 aliphatic heterocycles. The summed E-state index contributed by atoms with van der Waals surface area (Å²) in [5.74, 6) is -0.217. The van der Waals surface area contributed by atoms with Crippen LogP contribution in [0, 0.1) is 0 Å². The van der Waals surface area contributed by atoms with Crippen molar-refractivity contribution in [2.45, 2.75) is 24.8 Å². The minimum absolute atomic E-state index is 0.217. The number of carbonyl (C=O) groups excluding carboxylic acids is 1. The van der Waals surface area contributed by atoms with Crippen molar-refractivity contribution in [3.05, 3.63) is 0 Å². The molecule has 13 heavy (non-hydrogen) atoms. The van der Waals surface area contributed by atoms with E-state index in [1.807, 2.05) is 7.05 Å². The van der Waals surface area contributed by atoms with E-state index in [1.165, 1.54) is 0 Å². The molecule has 1 rings (SSSR count). The molecule has 0 aliphatic carbocycles. The lowest BCUT2D eigenvalue weighted by molar-refractivity contribution is -0.124. The lowest BCUT2D eigenvalue weighted by Crippen LogP contribution is -2.54. The lowest BCUT2D eigenvalue weighted by atomic mass is 9.90. The van der Waals surface area contributed by atoms with Gasteiger partial charge in [-0.1, -0.05) is 0 Å². The third-order valence-electron chi connectivity index (χ3n) is 3.01. The summed E-state index contributed by atoms with van der Waals surface area (Å²) in [5.41, 5.74) is 4.94. The second kappa shape index (κ2) is 4.07. The van der Waals surface area contributed by atoms with E-state index >= 15 is 0 Å². The first-order valence-electron chi connectivity index (χ1n) is 4.78. The molecule has 0 radical (unpaired) electrons. The summed E-state index contributed by atoms with van der Waals surface area (Å²) in [6.45, 7) is 1.99. The molecular weight excluding hydrogens is 166 g/mol. The smallest absolute Gasteiger partial charge is 0.237 e. The van der Waals surface area contributed by atoms with Gasteiger partial charge in [0.2, 0.25) is 5.91 Å². The second-order valence-corrected chi connectivity index (χ2v) is 3.85. The fourth-order valence-electron chi connectivity index (χ4n) is 1.89. The van der Waals surface area contributed by atoms with Crippen molar-refractivity contribution < 1.29 is 4.79 Å². The first-order valence-corrected chi connectivity index (χ1v) is 4.78. The Kier molecular flexibility index (Phi) is 3.27. The topological polar surface area (TPSA) is 58.4 Å². The number of primary amides is 1. The summed E-state index contributed by atoms with van der Waals surface area (Å²) in [7, 11) is 3.89. The number of rotatable bonds is 2. The van der Waals surface area contributed by atoms with Gasteiger partial charge in [-0.15, -0.1) is 0 Å². The fraction of sp³-hybridized carbons (Fsp3) is 0.889. The van der Waals surface area contributed by atoms with Crippen LogP contribution in [0.4, 0.5) is 0 Å². The molecule has 1 unspecified atom stereocenters. The standard InChI is InChI=1S/C9H19N3O/c1-11-9(8(10)13)4-3-6-12(2)7-5-9/h11H,3-7H2,1-2H3,(H2,10,13). The minimum atomic E-state index is -0.467. The van der Waals surface area contributed by atoms with Gasteiger partial charge in [0.1, 0.15) is 0 Å². The highest BCUT2D eigenvalue weighted by Gasteiger charge is 2.35. The summed E-state index contributed by atoms with van der Waals surface area (Å²) < 4.78 is 0. The first kappa shape index (κ1) is 10.5. The van der Waals surface area contributed by atoms with Gasteiger partial charge < -0.3 is 16.0 Å². The summed E-state index contributed by atoms with van der Waals surface area (Å²) in [6.07, 6.45) is 2.69. The third-order valence-corrected chi connectivity index (χ3v) is 3.01. The maximum absolute atomic E-state index is 11.3. The van der Waals surface area contributed by atoms with Crippen molar-refractivity contribution in [1.82, 2.24) is 10.2 Å². The highest BCUT2D eigenvalue weighted by Crippen LogP contribution is 2.20. The van der Waals surface area contributed by atoms with Gasteiger partial charge in [0.15, 0.2) is 0 Å². The van der Waals surface area contributed by atoms with E-state index in [0.29, 0.717) is 0 Å². The quantitative estimate of drug-likeness (QED) is 0.612. The van der Waals surface area contributed by atoms with Crippen LogP contribution < -0.4 is 11.1 Å². The molecule has 1 amide bonds. The summed E-state index contributed by atoms with van der Waals surface area (Å²) in [4.78, 5) is 13.5. The van der Waals surface area contributed by atoms with Crippen LogP contribution in [0.2, 0.25) is 0 Å². The molecule has 0 aromatic carbocycles. The maximum atomic E-state index is 11.3. The number of hydrogen-bond donors (Lipinski definition) is 2. The van der Waals surface area contributed by atoms with E-state index in [-0.39, 0.29) is 5.91 Å². The molecule has 0 aromatic rings. The van der Waals surface area contributed by atoms with Gasteiger partial charge in [0.25, 0.3) is 0 Å². The summed E-state index contributed by atoms with van der Waals surface area (Å²) in [5, 5.41) is 3.08. The Morgan fingerprint density at radius 3 is 2.69 bits per heavy atom. The van der Waals surface area contributed by atoms with Gasteiger partial charge in [-0.2, -0.15) is 0 Å². The van der Waals surface area contributed by atoms with E-state index < -0.39 is 5.54 Å². The van der Waals surface area contributed by atoms with E-state index in [9.17, 15) is 4.79 Å². The Bertz CT molecular complexity index is 195. The Labute approximate surface area is 79.5 Å². The minimum Gasteiger partial charge on any atom is -0.368 e. The van der Waals surface area contributed by atoms with E-state index in [1.54, 1.807) is 0 Å². The molecule has 1 heterocycles. The van der Waals surface area contributed by atoms with Crippen molar-refractivity contribution in [2.75, 3.05) is 27.2 Å². The highest BCUT2D eigenvalue weighted by molar-refractivity contribution is 5.84. The largest absolute Gasteiger partial charge is 0.368 e. The number of likely N-dealkylation sites (tertiary alicyclic amines) is 1. The van der Waals surface area contributed by atoms with Crippen LogP contribution >= 0.6 is 0 Å². The number of likely N-dealkylation sites (N-methyl/N-ethyl adjacent to an activating group) is 1. The maximum Gasteiger partial charge on any atom is 0.237 e. The van der Waals surface area contributed by atoms with Gasteiger partial charge in [-0.25, -0.2) is 0 Å². The Hall–Kier alpha value is -0.610. The number of nitrogens with one attached hydrogen (secondary N) is 1. The molecule has 0 aromatic heterocycles. The van der Waals surface area contributed by atoms with Crippen molar-refractivity contribution in [3.63, 3.8) is 0 Å². The van der Waals surface area contributed by atoms with Crippen LogP contribution in [0.1, 0.15) is 19.3 Å². The van der Waals surface area contributed by atoms with Crippen molar-refractivity contribution >= 4 is 5.91 Å². The van der Waals surface area contributed by atoms with Gasteiger partial charge in [0, 0.05) is 6.54 Å². The zero-order valence-electron chi connectivity index (χ0n) is 8.47. The molecule has 0 spiro atoms. The highest BCUT2D eigenvalue weighted by atomic mass is 16.1. The molecule has 0 bridgehead atoms. The van der Waals surface area contributed by atoms with Gasteiger partial charge in [-0.3, -0.25) is 4.79 Å². The number of nitrogens with zero attached hydrogens (tertiary/aromatic N) is 1. The van der Waals surface area contributed by atoms with Crippen LogP contribution in [-0.2, 0) is 4.79 Å². The molecule has 4 nitrogen and oxygen atoms in total. The number of hydrogen-bond acceptors (Lipinski definition) is 3. The van der Waals surface area contributed by atoms with Crippen LogP contribution in [-0.4, -0.2) is 43.5 Å². The Morgan fingerprint density at radius 1 is 1.46 bits per heavy atom. The summed E-state index contributed by atoms with van der Waals surface area (Å²) >= 11 is 0. The molecule has 1 fully saturated rings. The molecular formula is C9H19N3O. The van der Waals surface area contributed by atoms with Crippen LogP contribution in [0.5, 0.6) is 0 Å². The number of nitrogens with two attached hydrogens (primary N) is 1. The lowest BCUT2D eigenvalue weighted by Gasteiger charge is -2.28. The van der Waals surface area contributed by atoms with Crippen molar-refractivity contribution in [3.8, 4) is 0 Å². The van der Waals surface area contributed by atoms with E-state index in [2.05, 4.69) is 17.3 Å². The van der Waals surface area contributed by atoms with E-state index in [4.69, 9.17) is 5.73 Å². The molecule has 1 atom stereocenters. The Balaban J connectivity index is 2.69. The third kappa shape index (κ3) is 2.19. The molecule has 0 saturated carbocycles. The van der Waals surface area contributed by atoms with Gasteiger partial charge in [0.05, 0.1) is 5.54 Å². The van der Waals surface area contributed by atoms with Crippen LogP contribution in [0.15, 0.2) is 0 Å². The van der Waals surface area contributed by atoms with Crippen LogP contribution in [0.3, 0.4) is 0 Å². The second-order valence-electron chi connectivity index (χ2n) is 3.85. The Morgan fingerprint density at radius 2 is 2.15 bits per heavy atom. The van der Waals surface area contributed by atoms with Gasteiger partial charge >= 0.3 is 0 Å². The fourth-order valence-corrected chi connectivity index (χ4v) is 1.89. The van der Waals surface area contributed by atoms with E-state index in [0.717, 1.165) is 32.4 Å². The molecule has 1 aliphatic rings. The average molecular weight is 185 g/mol. The summed E-state index contributed by atoms with van der Waals surface area (Å²) in [6, 6.07) is 0. The monoisotopic (exact) mass is 185 g/mol. The van der Waals surface area contributed by atoms with Crippen LogP contribution in [0.25, 0.3) is 0 Å². The van der Waals surface area contributed by atoms with Crippen molar-refractivity contribution in [2.24, 2.45) is 5.73 Å². The molecule has 1 saturated heterocycles. The predicted octanol–water partition coefficient (Wildman–Crippen LogP) is -0.454. The van der Waals surface area contributed by atoms with Crippen molar-refractivity contribution in [1.29, 1.82) is 0 Å². The molecule has 4 heteroatoms. The first-order chi connectivity index (χ1) is 6.10. The number of carbonyl (C=O) groups is 1. The zero-order chi connectivity index (χ0) is 9.90. The zero-order valence-corrected chi connectivity index (χ0v) is 8.47. The predicted molar refractivity (Wildman–Crippen MR) is 52.3 cm³/mol. The molecule has 76 valence electrons. The molecule has 3 N–H and O–H groups in total.